The van der Waals surface area contributed by atoms with Crippen LogP contribution in [-0.4, -0.2) is 48.8 Å². The molecule has 0 saturated carbocycles. The Kier molecular flexibility index (Phi) is 13.6. The molecule has 0 saturated heterocycles. The van der Waals surface area contributed by atoms with Crippen LogP contribution in [0.2, 0.25) is 0 Å². The summed E-state index contributed by atoms with van der Waals surface area (Å²) in [5.74, 6) is 0. The number of aliphatic hydroxyl groups excluding tert-OH is 2. The Morgan fingerprint density at radius 3 is 1.60 bits per heavy atom. The van der Waals surface area contributed by atoms with Crippen molar-refractivity contribution >= 4 is 6.41 Å². The van der Waals surface area contributed by atoms with Crippen LogP contribution in [0.15, 0.2) is 0 Å². The van der Waals surface area contributed by atoms with Gasteiger partial charge in [-0.3, -0.25) is 4.79 Å². The van der Waals surface area contributed by atoms with Crippen molar-refractivity contribution in [2.45, 2.75) is 6.42 Å². The summed E-state index contributed by atoms with van der Waals surface area (Å²) in [5, 5.41) is 15.8. The fourth-order valence-electron chi connectivity index (χ4n) is 0.0707. The largest absolute Gasteiger partial charge is 0.396 e. The molecule has 2 N–H and O–H groups in total. The molecule has 62 valence electrons. The molecule has 4 nitrogen and oxygen atoms in total. The van der Waals surface area contributed by atoms with Gasteiger partial charge >= 0.3 is 0 Å². The summed E-state index contributed by atoms with van der Waals surface area (Å²) < 4.78 is 0. The van der Waals surface area contributed by atoms with Crippen molar-refractivity contribution < 1.29 is 15.0 Å². The fourth-order valence-corrected chi connectivity index (χ4v) is 0.0707. The zero-order valence-electron chi connectivity index (χ0n) is 6.45. The van der Waals surface area contributed by atoms with E-state index in [1.54, 1.807) is 14.1 Å². The molecule has 0 atom stereocenters. The SMILES string of the molecule is CN(C)C=O.OCCCO. The Hall–Kier alpha value is -0.610. The summed E-state index contributed by atoms with van der Waals surface area (Å²) in [7, 11) is 3.38. The minimum absolute atomic E-state index is 0.0938. The predicted octanol–water partition coefficient (Wildman–Crippen LogP) is -0.935. The van der Waals surface area contributed by atoms with Crippen molar-refractivity contribution in [3.8, 4) is 0 Å². The lowest BCUT2D eigenvalue weighted by Gasteiger charge is -1.93. The van der Waals surface area contributed by atoms with Crippen LogP contribution in [0, 0.1) is 0 Å². The van der Waals surface area contributed by atoms with Crippen LogP contribution in [0.25, 0.3) is 0 Å². The standard InChI is InChI=1S/C3H7NO.C3H8O2/c1-4(2)3-5;4-2-1-3-5/h3H,1-2H3;4-5H,1-3H2. The van der Waals surface area contributed by atoms with Crippen LogP contribution >= 0.6 is 0 Å². The van der Waals surface area contributed by atoms with E-state index < -0.39 is 0 Å². The van der Waals surface area contributed by atoms with Gasteiger partial charge < -0.3 is 15.1 Å². The molecule has 0 unspecified atom stereocenters. The highest BCUT2D eigenvalue weighted by Gasteiger charge is 1.70. The van der Waals surface area contributed by atoms with Gasteiger partial charge in [-0.2, -0.15) is 0 Å². The summed E-state index contributed by atoms with van der Waals surface area (Å²) in [5.41, 5.74) is 0. The van der Waals surface area contributed by atoms with E-state index in [9.17, 15) is 4.79 Å². The first-order valence-electron chi connectivity index (χ1n) is 3.02. The highest BCUT2D eigenvalue weighted by molar-refractivity contribution is 5.45. The van der Waals surface area contributed by atoms with Gasteiger partial charge in [0.1, 0.15) is 0 Å². The van der Waals surface area contributed by atoms with Crippen LogP contribution in [0.5, 0.6) is 0 Å². The summed E-state index contributed by atoms with van der Waals surface area (Å²) in [4.78, 5) is 10.9. The van der Waals surface area contributed by atoms with Gasteiger partial charge in [-0.25, -0.2) is 0 Å². The Morgan fingerprint density at radius 2 is 1.60 bits per heavy atom. The van der Waals surface area contributed by atoms with E-state index in [2.05, 4.69) is 0 Å². The molecule has 0 spiro atoms. The Bertz CT molecular complexity index is 64.0. The van der Waals surface area contributed by atoms with Gasteiger partial charge in [0.25, 0.3) is 0 Å². The van der Waals surface area contributed by atoms with Crippen LogP contribution < -0.4 is 0 Å². The average molecular weight is 149 g/mol. The van der Waals surface area contributed by atoms with Crippen LogP contribution in [0.4, 0.5) is 0 Å². The van der Waals surface area contributed by atoms with Crippen molar-refractivity contribution in [2.75, 3.05) is 27.3 Å². The Morgan fingerprint density at radius 1 is 1.30 bits per heavy atom. The maximum Gasteiger partial charge on any atom is 0.209 e. The normalized spacial score (nSPS) is 7.60. The molecule has 0 aliphatic rings. The highest BCUT2D eigenvalue weighted by atomic mass is 16.3. The number of aliphatic hydroxyl groups is 2. The quantitative estimate of drug-likeness (QED) is 0.509. The third-order valence-corrected chi connectivity index (χ3v) is 0.527. The van der Waals surface area contributed by atoms with Gasteiger partial charge in [0, 0.05) is 27.3 Å². The number of nitrogens with zero attached hydrogens (tertiary/aromatic N) is 1. The molecule has 0 aromatic heterocycles. The van der Waals surface area contributed by atoms with Crippen molar-refractivity contribution in [3.63, 3.8) is 0 Å². The van der Waals surface area contributed by atoms with Crippen molar-refractivity contribution in [3.05, 3.63) is 0 Å². The zero-order valence-corrected chi connectivity index (χ0v) is 6.45. The van der Waals surface area contributed by atoms with Crippen LogP contribution in [0.3, 0.4) is 0 Å². The number of carbonyl (C=O) groups excluding carboxylic acids is 1. The van der Waals surface area contributed by atoms with Crippen molar-refractivity contribution in [2.24, 2.45) is 0 Å². The molecule has 0 radical (unpaired) electrons. The molecule has 0 rings (SSSR count). The molecule has 0 aliphatic heterocycles. The molecule has 10 heavy (non-hydrogen) atoms. The van der Waals surface area contributed by atoms with Crippen LogP contribution in [-0.2, 0) is 4.79 Å². The highest BCUT2D eigenvalue weighted by Crippen LogP contribution is 1.65. The van der Waals surface area contributed by atoms with Gasteiger partial charge in [-0.15, -0.1) is 0 Å². The number of hydrogen-bond donors (Lipinski definition) is 2. The molecule has 0 aliphatic carbocycles. The second kappa shape index (κ2) is 11.2. The minimum Gasteiger partial charge on any atom is -0.396 e. The molecule has 0 fully saturated rings. The van der Waals surface area contributed by atoms with Gasteiger partial charge in [-0.1, -0.05) is 0 Å². The molecule has 0 heterocycles. The van der Waals surface area contributed by atoms with Gasteiger partial charge in [0.05, 0.1) is 0 Å². The first-order chi connectivity index (χ1) is 4.68. The Labute approximate surface area is 61.1 Å². The maximum atomic E-state index is 9.43. The number of rotatable bonds is 3. The molecular formula is C6H15NO3. The van der Waals surface area contributed by atoms with E-state index in [4.69, 9.17) is 10.2 Å². The maximum absolute atomic E-state index is 9.43. The first-order valence-corrected chi connectivity index (χ1v) is 3.02. The molecule has 0 aromatic carbocycles. The summed E-state index contributed by atoms with van der Waals surface area (Å²) in [6, 6.07) is 0. The lowest BCUT2D eigenvalue weighted by molar-refractivity contribution is -0.115. The van der Waals surface area contributed by atoms with Gasteiger partial charge in [0.15, 0.2) is 0 Å². The molecule has 0 aromatic rings. The number of amides is 1. The number of carbonyl (C=O) groups is 1. The summed E-state index contributed by atoms with van der Waals surface area (Å²) in [6.07, 6.45) is 1.25. The van der Waals surface area contributed by atoms with Crippen molar-refractivity contribution in [1.82, 2.24) is 4.90 Å². The fraction of sp³-hybridized carbons (Fsp3) is 0.833. The lowest BCUT2D eigenvalue weighted by Crippen LogP contribution is -2.06. The van der Waals surface area contributed by atoms with E-state index >= 15 is 0 Å². The third-order valence-electron chi connectivity index (χ3n) is 0.527. The monoisotopic (exact) mass is 149 g/mol. The van der Waals surface area contributed by atoms with E-state index in [-0.39, 0.29) is 13.2 Å². The second-order valence-corrected chi connectivity index (χ2v) is 1.87. The predicted molar refractivity (Wildman–Crippen MR) is 38.5 cm³/mol. The third kappa shape index (κ3) is 26.3. The molecule has 1 amide bonds. The second-order valence-electron chi connectivity index (χ2n) is 1.87. The van der Waals surface area contributed by atoms with Gasteiger partial charge in [-0.05, 0) is 6.42 Å². The minimum atomic E-state index is 0.0938. The average Bonchev–Trinajstić information content (AvgIpc) is 1.91. The lowest BCUT2D eigenvalue weighted by atomic mass is 10.5. The molecule has 4 heteroatoms. The van der Waals surface area contributed by atoms with E-state index in [0.717, 1.165) is 6.41 Å². The zero-order chi connectivity index (χ0) is 8.41. The van der Waals surface area contributed by atoms with Crippen LogP contribution in [0.1, 0.15) is 6.42 Å². The first kappa shape index (κ1) is 12.1. The smallest absolute Gasteiger partial charge is 0.209 e. The van der Waals surface area contributed by atoms with Gasteiger partial charge in [0.2, 0.25) is 6.41 Å². The van der Waals surface area contributed by atoms with E-state index in [1.807, 2.05) is 0 Å². The van der Waals surface area contributed by atoms with Crippen molar-refractivity contribution in [1.29, 1.82) is 0 Å². The molecular weight excluding hydrogens is 134 g/mol. The summed E-state index contributed by atoms with van der Waals surface area (Å²) in [6.45, 7) is 0.188. The topological polar surface area (TPSA) is 60.8 Å². The Balaban J connectivity index is 0. The number of hydrogen-bond acceptors (Lipinski definition) is 3. The summed E-state index contributed by atoms with van der Waals surface area (Å²) >= 11 is 0. The van der Waals surface area contributed by atoms with E-state index in [1.165, 1.54) is 4.90 Å². The molecule has 0 bridgehead atoms. The van der Waals surface area contributed by atoms with E-state index in [0.29, 0.717) is 6.42 Å².